The zero-order chi connectivity index (χ0) is 19.3. The second kappa shape index (κ2) is 9.70. The van der Waals surface area contributed by atoms with Crippen molar-refractivity contribution in [3.8, 4) is 0 Å². The Morgan fingerprint density at radius 1 is 1.11 bits per heavy atom. The number of unbranched alkanes of at least 4 members (excludes halogenated alkanes) is 1. The van der Waals surface area contributed by atoms with Crippen molar-refractivity contribution in [2.24, 2.45) is 5.92 Å². The fourth-order valence-electron chi connectivity index (χ4n) is 5.39. The molecule has 1 aliphatic carbocycles. The first-order valence-electron chi connectivity index (χ1n) is 11.4. The number of urea groups is 1. The third-order valence-electron chi connectivity index (χ3n) is 7.02. The standard InChI is InChI=1S/C21H36N4O2S/c26-19(8-4-3-7-18-20-17(14-28-18)23-21(27)24-20)22-16-9-11-25(12-10-16)13-15-5-1-2-6-15/h15-18,20H,1-14H2,(H,22,26)(H2,23,24,27)/t17-,18-,20-/m0/s1. The maximum atomic E-state index is 12.3. The highest BCUT2D eigenvalue weighted by molar-refractivity contribution is 8.00. The van der Waals surface area contributed by atoms with Crippen LogP contribution in [0.1, 0.15) is 64.2 Å². The van der Waals surface area contributed by atoms with E-state index < -0.39 is 0 Å². The lowest BCUT2D eigenvalue weighted by molar-refractivity contribution is -0.122. The number of hydrogen-bond acceptors (Lipinski definition) is 4. The van der Waals surface area contributed by atoms with Crippen LogP contribution in [0.25, 0.3) is 0 Å². The minimum Gasteiger partial charge on any atom is -0.353 e. The maximum Gasteiger partial charge on any atom is 0.315 e. The third kappa shape index (κ3) is 5.35. The van der Waals surface area contributed by atoms with E-state index in [1.54, 1.807) is 0 Å². The summed E-state index contributed by atoms with van der Waals surface area (Å²) in [7, 11) is 0. The topological polar surface area (TPSA) is 73.5 Å². The molecule has 4 aliphatic rings. The van der Waals surface area contributed by atoms with E-state index in [4.69, 9.17) is 0 Å². The maximum absolute atomic E-state index is 12.3. The average Bonchev–Trinajstić information content (AvgIpc) is 3.39. The van der Waals surface area contributed by atoms with Crippen LogP contribution < -0.4 is 16.0 Å². The van der Waals surface area contributed by atoms with Crippen molar-refractivity contribution >= 4 is 23.7 Å². The molecular formula is C21H36N4O2S. The minimum atomic E-state index is -0.0195. The van der Waals surface area contributed by atoms with Crippen molar-refractivity contribution in [2.75, 3.05) is 25.4 Å². The number of amides is 3. The Kier molecular flexibility index (Phi) is 7.04. The summed E-state index contributed by atoms with van der Waals surface area (Å²) in [5, 5.41) is 9.79. The summed E-state index contributed by atoms with van der Waals surface area (Å²) in [6.45, 7) is 3.56. The van der Waals surface area contributed by atoms with E-state index in [9.17, 15) is 9.59 Å². The fraction of sp³-hybridized carbons (Fsp3) is 0.905. The Labute approximate surface area is 173 Å². The van der Waals surface area contributed by atoms with Crippen LogP contribution in [0.15, 0.2) is 0 Å². The van der Waals surface area contributed by atoms with Crippen LogP contribution in [0.5, 0.6) is 0 Å². The molecule has 28 heavy (non-hydrogen) atoms. The molecule has 1 saturated carbocycles. The van der Waals surface area contributed by atoms with Gasteiger partial charge >= 0.3 is 6.03 Å². The molecule has 6 nitrogen and oxygen atoms in total. The Balaban J connectivity index is 1.06. The van der Waals surface area contributed by atoms with Gasteiger partial charge in [-0.25, -0.2) is 4.79 Å². The second-order valence-corrected chi connectivity index (χ2v) is 10.4. The summed E-state index contributed by atoms with van der Waals surface area (Å²) in [6, 6.07) is 0.929. The van der Waals surface area contributed by atoms with Gasteiger partial charge in [0.15, 0.2) is 0 Å². The van der Waals surface area contributed by atoms with Crippen molar-refractivity contribution in [3.05, 3.63) is 0 Å². The molecule has 0 radical (unpaired) electrons. The molecule has 158 valence electrons. The lowest BCUT2D eigenvalue weighted by atomic mass is 10.0. The molecule has 3 atom stereocenters. The highest BCUT2D eigenvalue weighted by Crippen LogP contribution is 2.33. The zero-order valence-electron chi connectivity index (χ0n) is 17.0. The lowest BCUT2D eigenvalue weighted by Crippen LogP contribution is -2.45. The Bertz CT molecular complexity index is 547. The van der Waals surface area contributed by atoms with Crippen LogP contribution >= 0.6 is 11.8 Å². The molecule has 0 aromatic rings. The van der Waals surface area contributed by atoms with Gasteiger partial charge in [-0.15, -0.1) is 0 Å². The lowest BCUT2D eigenvalue weighted by Gasteiger charge is -2.33. The van der Waals surface area contributed by atoms with Gasteiger partial charge in [-0.05, 0) is 44.4 Å². The molecular weight excluding hydrogens is 372 g/mol. The molecule has 3 N–H and O–H groups in total. The van der Waals surface area contributed by atoms with E-state index in [1.807, 2.05) is 11.8 Å². The number of fused-ring (bicyclic) bond motifs is 1. The number of hydrogen-bond donors (Lipinski definition) is 3. The number of likely N-dealkylation sites (tertiary alicyclic amines) is 1. The van der Waals surface area contributed by atoms with Gasteiger partial charge in [-0.1, -0.05) is 19.3 Å². The quantitative estimate of drug-likeness (QED) is 0.426. The molecule has 4 rings (SSSR count). The van der Waals surface area contributed by atoms with E-state index in [0.717, 1.165) is 56.9 Å². The first kappa shape index (κ1) is 20.3. The molecule has 3 amide bonds. The number of piperidine rings is 1. The summed E-state index contributed by atoms with van der Waals surface area (Å²) in [4.78, 5) is 26.3. The SMILES string of the molecule is O=C(CCCC[C@@H]1SC[C@@H]2NC(=O)N[C@@H]21)NC1CCN(CC2CCCC2)CC1. The van der Waals surface area contributed by atoms with E-state index in [1.165, 1.54) is 32.2 Å². The van der Waals surface area contributed by atoms with Crippen molar-refractivity contribution in [2.45, 2.75) is 87.6 Å². The fourth-order valence-corrected chi connectivity index (χ4v) is 6.94. The number of rotatable bonds is 8. The predicted octanol–water partition coefficient (Wildman–Crippen LogP) is 2.48. The van der Waals surface area contributed by atoms with E-state index >= 15 is 0 Å². The van der Waals surface area contributed by atoms with Crippen LogP contribution in [0.3, 0.4) is 0 Å². The molecule has 0 aromatic heterocycles. The number of carbonyl (C=O) groups is 2. The van der Waals surface area contributed by atoms with Crippen molar-refractivity contribution in [1.82, 2.24) is 20.9 Å². The average molecular weight is 409 g/mol. The molecule has 0 spiro atoms. The van der Waals surface area contributed by atoms with Gasteiger partial charge in [-0.3, -0.25) is 4.79 Å². The van der Waals surface area contributed by atoms with Crippen LogP contribution in [-0.4, -0.2) is 65.6 Å². The van der Waals surface area contributed by atoms with Gasteiger partial charge in [0, 0.05) is 43.1 Å². The monoisotopic (exact) mass is 408 g/mol. The van der Waals surface area contributed by atoms with Gasteiger partial charge in [0.25, 0.3) is 0 Å². The molecule has 0 unspecified atom stereocenters. The van der Waals surface area contributed by atoms with Crippen LogP contribution in [0.2, 0.25) is 0 Å². The number of carbonyl (C=O) groups excluding carboxylic acids is 2. The Morgan fingerprint density at radius 2 is 1.89 bits per heavy atom. The largest absolute Gasteiger partial charge is 0.353 e. The summed E-state index contributed by atoms with van der Waals surface area (Å²) >= 11 is 1.95. The predicted molar refractivity (Wildman–Crippen MR) is 114 cm³/mol. The molecule has 0 aromatic carbocycles. The van der Waals surface area contributed by atoms with E-state index in [0.29, 0.717) is 23.8 Å². The molecule has 3 saturated heterocycles. The molecule has 4 fully saturated rings. The van der Waals surface area contributed by atoms with Crippen LogP contribution in [0.4, 0.5) is 4.79 Å². The summed E-state index contributed by atoms with van der Waals surface area (Å²) in [5.74, 6) is 2.16. The normalized spacial score (nSPS) is 31.6. The Hall–Kier alpha value is -0.950. The number of nitrogens with one attached hydrogen (secondary N) is 3. The van der Waals surface area contributed by atoms with Crippen LogP contribution in [-0.2, 0) is 4.79 Å². The second-order valence-electron chi connectivity index (χ2n) is 9.16. The van der Waals surface area contributed by atoms with Gasteiger partial charge < -0.3 is 20.9 Å². The molecule has 0 bridgehead atoms. The van der Waals surface area contributed by atoms with Crippen LogP contribution in [0, 0.1) is 5.92 Å². The molecule has 3 aliphatic heterocycles. The van der Waals surface area contributed by atoms with Gasteiger partial charge in [0.05, 0.1) is 12.1 Å². The smallest absolute Gasteiger partial charge is 0.315 e. The third-order valence-corrected chi connectivity index (χ3v) is 8.53. The van der Waals surface area contributed by atoms with E-state index in [2.05, 4.69) is 20.9 Å². The van der Waals surface area contributed by atoms with Gasteiger partial charge in [0.2, 0.25) is 5.91 Å². The van der Waals surface area contributed by atoms with Crippen molar-refractivity contribution in [1.29, 1.82) is 0 Å². The van der Waals surface area contributed by atoms with E-state index in [-0.39, 0.29) is 18.0 Å². The number of nitrogens with zero attached hydrogens (tertiary/aromatic N) is 1. The number of thioether (sulfide) groups is 1. The molecule has 7 heteroatoms. The summed E-state index contributed by atoms with van der Waals surface area (Å²) in [6.07, 6.45) is 11.6. The van der Waals surface area contributed by atoms with Crippen molar-refractivity contribution < 1.29 is 9.59 Å². The summed E-state index contributed by atoms with van der Waals surface area (Å²) < 4.78 is 0. The highest BCUT2D eigenvalue weighted by atomic mass is 32.2. The zero-order valence-corrected chi connectivity index (χ0v) is 17.8. The molecule has 3 heterocycles. The summed E-state index contributed by atoms with van der Waals surface area (Å²) in [5.41, 5.74) is 0. The minimum absolute atomic E-state index is 0.0195. The first-order valence-corrected chi connectivity index (χ1v) is 12.4. The van der Waals surface area contributed by atoms with Gasteiger partial charge in [0.1, 0.15) is 0 Å². The first-order chi connectivity index (χ1) is 13.7. The van der Waals surface area contributed by atoms with Gasteiger partial charge in [-0.2, -0.15) is 11.8 Å². The highest BCUT2D eigenvalue weighted by Gasteiger charge is 2.42. The Morgan fingerprint density at radius 3 is 2.68 bits per heavy atom. The van der Waals surface area contributed by atoms with Crippen molar-refractivity contribution in [3.63, 3.8) is 0 Å².